The Morgan fingerprint density at radius 3 is 2.00 bits per heavy atom. The molecule has 0 aliphatic rings. The van der Waals surface area contributed by atoms with Crippen LogP contribution in [-0.4, -0.2) is 12.3 Å². The van der Waals surface area contributed by atoms with Gasteiger partial charge in [-0.15, -0.1) is 0 Å². The van der Waals surface area contributed by atoms with Crippen LogP contribution in [0.2, 0.25) is 0 Å². The van der Waals surface area contributed by atoms with Crippen LogP contribution in [0.3, 0.4) is 0 Å². The highest BCUT2D eigenvalue weighted by molar-refractivity contribution is 5.26. The van der Waals surface area contributed by atoms with E-state index in [0.717, 1.165) is 0 Å². The lowest BCUT2D eigenvalue weighted by atomic mass is 10.2. The van der Waals surface area contributed by atoms with Gasteiger partial charge in [-0.2, -0.15) is 0 Å². The molecule has 0 atom stereocenters. The van der Waals surface area contributed by atoms with E-state index in [-0.39, 0.29) is 5.60 Å². The van der Waals surface area contributed by atoms with Crippen LogP contribution in [0.15, 0.2) is 17.5 Å². The molecule has 0 aliphatic heterocycles. The zero-order chi connectivity index (χ0) is 7.49. The molecule has 0 bridgehead atoms. The van der Waals surface area contributed by atoms with Gasteiger partial charge in [0.15, 0.2) is 0 Å². The number of rotatable bonds is 2. The predicted octanol–water partition coefficient (Wildman–Crippen LogP) is 1.97. The second-order valence-electron chi connectivity index (χ2n) is 2.77. The van der Waals surface area contributed by atoms with E-state index in [0.29, 0.717) is 5.88 Å². The fourth-order valence-electron chi connectivity index (χ4n) is 0.386. The zero-order valence-electron chi connectivity index (χ0n) is 6.27. The van der Waals surface area contributed by atoms with Gasteiger partial charge in [0.05, 0.1) is 0 Å². The fraction of sp³-hybridized carbons (Fsp3) is 0.571. The van der Waals surface area contributed by atoms with Gasteiger partial charge in [-0.1, -0.05) is 0 Å². The monoisotopic (exact) mass is 127 g/mol. The molecule has 0 saturated carbocycles. The highest BCUT2D eigenvalue weighted by Crippen LogP contribution is 2.11. The van der Waals surface area contributed by atoms with Crippen LogP contribution in [-0.2, 0) is 4.74 Å². The quantitative estimate of drug-likeness (QED) is 0.410. The molecule has 9 heavy (non-hydrogen) atoms. The van der Waals surface area contributed by atoms with Gasteiger partial charge in [0, 0.05) is 0 Å². The van der Waals surface area contributed by atoms with Crippen molar-refractivity contribution in [3.63, 3.8) is 0 Å². The fourth-order valence-corrected chi connectivity index (χ4v) is 0.386. The zero-order valence-corrected chi connectivity index (χ0v) is 6.27. The maximum atomic E-state index is 5.16. The van der Waals surface area contributed by atoms with Crippen molar-refractivity contribution in [1.82, 2.24) is 0 Å². The lowest BCUT2D eigenvalue weighted by Gasteiger charge is -2.19. The Bertz CT molecular complexity index is 121. The molecule has 2 heteroatoms. The molecule has 0 amide bonds. The molecule has 0 aromatic carbocycles. The van der Waals surface area contributed by atoms with Gasteiger partial charge in [-0.25, -0.2) is 4.99 Å². The van der Waals surface area contributed by atoms with Crippen LogP contribution in [0.5, 0.6) is 0 Å². The largest absolute Gasteiger partial charge is 0.472 e. The Labute approximate surface area is 56.2 Å². The van der Waals surface area contributed by atoms with Crippen LogP contribution in [0.1, 0.15) is 20.8 Å². The first-order valence-electron chi connectivity index (χ1n) is 2.80. The minimum Gasteiger partial charge on any atom is -0.472 e. The van der Waals surface area contributed by atoms with E-state index in [2.05, 4.69) is 18.3 Å². The summed E-state index contributed by atoms with van der Waals surface area (Å²) in [6, 6.07) is 0. The number of nitrogens with zero attached hydrogens (tertiary/aromatic N) is 1. The molecule has 0 fully saturated rings. The summed E-state index contributed by atoms with van der Waals surface area (Å²) in [4.78, 5) is 3.51. The summed E-state index contributed by atoms with van der Waals surface area (Å²) >= 11 is 0. The average molecular weight is 127 g/mol. The van der Waals surface area contributed by atoms with Crippen molar-refractivity contribution in [3.05, 3.63) is 12.5 Å². The summed E-state index contributed by atoms with van der Waals surface area (Å²) in [5.74, 6) is 0.377. The Balaban J connectivity index is 3.74. The molecule has 0 spiro atoms. The van der Waals surface area contributed by atoms with Gasteiger partial charge in [0.2, 0.25) is 5.88 Å². The van der Waals surface area contributed by atoms with Gasteiger partial charge < -0.3 is 4.74 Å². The topological polar surface area (TPSA) is 21.6 Å². The maximum absolute atomic E-state index is 5.16. The minimum atomic E-state index is -0.210. The van der Waals surface area contributed by atoms with Crippen molar-refractivity contribution in [2.75, 3.05) is 0 Å². The molecule has 0 aromatic rings. The van der Waals surface area contributed by atoms with E-state index in [9.17, 15) is 0 Å². The van der Waals surface area contributed by atoms with E-state index in [1.54, 1.807) is 0 Å². The normalized spacial score (nSPS) is 10.6. The summed E-state index contributed by atoms with van der Waals surface area (Å²) in [6.45, 7) is 12.6. The van der Waals surface area contributed by atoms with E-state index < -0.39 is 0 Å². The molecular weight excluding hydrogens is 114 g/mol. The molecule has 0 aromatic heterocycles. The minimum absolute atomic E-state index is 0.210. The van der Waals surface area contributed by atoms with Crippen molar-refractivity contribution < 1.29 is 4.74 Å². The van der Waals surface area contributed by atoms with Crippen molar-refractivity contribution in [2.24, 2.45) is 4.99 Å². The van der Waals surface area contributed by atoms with Crippen molar-refractivity contribution in [3.8, 4) is 0 Å². The third-order valence-corrected chi connectivity index (χ3v) is 0.600. The predicted molar refractivity (Wildman–Crippen MR) is 39.5 cm³/mol. The molecular formula is C7H13NO. The van der Waals surface area contributed by atoms with Gasteiger partial charge in [-0.3, -0.25) is 0 Å². The summed E-state index contributed by atoms with van der Waals surface area (Å²) in [5.41, 5.74) is -0.210. The van der Waals surface area contributed by atoms with Gasteiger partial charge in [0.25, 0.3) is 0 Å². The Hall–Kier alpha value is -0.790. The smallest absolute Gasteiger partial charge is 0.205 e. The molecule has 2 nitrogen and oxygen atoms in total. The molecule has 0 aliphatic carbocycles. The third kappa shape index (κ3) is 5.07. The molecule has 0 heterocycles. The maximum Gasteiger partial charge on any atom is 0.205 e. The molecule has 0 N–H and O–H groups in total. The van der Waals surface area contributed by atoms with Crippen LogP contribution < -0.4 is 0 Å². The summed E-state index contributed by atoms with van der Waals surface area (Å²) in [5, 5.41) is 0. The van der Waals surface area contributed by atoms with Gasteiger partial charge in [-0.05, 0) is 34.1 Å². The first-order chi connectivity index (χ1) is 3.95. The first kappa shape index (κ1) is 8.21. The van der Waals surface area contributed by atoms with E-state index in [1.807, 2.05) is 20.8 Å². The number of hydrogen-bond acceptors (Lipinski definition) is 2. The Kier molecular flexibility index (Phi) is 2.43. The van der Waals surface area contributed by atoms with Crippen LogP contribution in [0, 0.1) is 0 Å². The van der Waals surface area contributed by atoms with E-state index in [1.165, 1.54) is 0 Å². The standard InChI is InChI=1S/C7H13NO/c1-6(8-5)9-7(2,3)4/h1,5H2,2-4H3. The SMILES string of the molecule is C=NC(=C)OC(C)(C)C. The van der Waals surface area contributed by atoms with Gasteiger partial charge in [0.1, 0.15) is 5.60 Å². The summed E-state index contributed by atoms with van der Waals surface area (Å²) < 4.78 is 5.16. The first-order valence-corrected chi connectivity index (χ1v) is 2.80. The lowest BCUT2D eigenvalue weighted by Crippen LogP contribution is -2.17. The Morgan fingerprint density at radius 1 is 1.44 bits per heavy atom. The molecule has 52 valence electrons. The van der Waals surface area contributed by atoms with Crippen LogP contribution >= 0.6 is 0 Å². The highest BCUT2D eigenvalue weighted by atomic mass is 16.5. The van der Waals surface area contributed by atoms with Crippen LogP contribution in [0.25, 0.3) is 0 Å². The number of aliphatic imine (C=N–C) groups is 1. The van der Waals surface area contributed by atoms with Crippen molar-refractivity contribution in [2.45, 2.75) is 26.4 Å². The van der Waals surface area contributed by atoms with Crippen LogP contribution in [0.4, 0.5) is 0 Å². The molecule has 0 saturated heterocycles. The Morgan fingerprint density at radius 2 is 1.89 bits per heavy atom. The summed E-state index contributed by atoms with van der Waals surface area (Å²) in [6.07, 6.45) is 0. The highest BCUT2D eigenvalue weighted by Gasteiger charge is 2.10. The summed E-state index contributed by atoms with van der Waals surface area (Å²) in [7, 11) is 0. The van der Waals surface area contributed by atoms with E-state index >= 15 is 0 Å². The van der Waals surface area contributed by atoms with Gasteiger partial charge >= 0.3 is 0 Å². The average Bonchev–Trinajstić information content (AvgIpc) is 1.62. The third-order valence-electron chi connectivity index (χ3n) is 0.600. The molecule has 0 rings (SSSR count). The number of ether oxygens (including phenoxy) is 1. The molecule has 0 unspecified atom stereocenters. The number of hydrogen-bond donors (Lipinski definition) is 0. The van der Waals surface area contributed by atoms with E-state index in [4.69, 9.17) is 4.74 Å². The molecule has 0 radical (unpaired) electrons. The second-order valence-corrected chi connectivity index (χ2v) is 2.77. The van der Waals surface area contributed by atoms with Crippen molar-refractivity contribution in [1.29, 1.82) is 0 Å². The van der Waals surface area contributed by atoms with Crippen molar-refractivity contribution >= 4 is 6.72 Å². The second kappa shape index (κ2) is 2.67. The lowest BCUT2D eigenvalue weighted by molar-refractivity contribution is 0.0524.